The molecule has 0 spiro atoms. The molecule has 1 heteroatoms. The van der Waals surface area contributed by atoms with Crippen LogP contribution in [0.4, 0.5) is 0 Å². The van der Waals surface area contributed by atoms with Gasteiger partial charge in [0, 0.05) is 0 Å². The van der Waals surface area contributed by atoms with Gasteiger partial charge in [-0.1, -0.05) is 18.9 Å². The molecule has 0 amide bonds. The molecule has 1 atom stereocenters. The lowest BCUT2D eigenvalue weighted by atomic mass is 9.98. The number of aliphatic hydroxyl groups excluding tert-OH is 1. The van der Waals surface area contributed by atoms with Crippen LogP contribution in [0.15, 0.2) is 12.7 Å². The summed E-state index contributed by atoms with van der Waals surface area (Å²) in [6.45, 7) is 3.61. The van der Waals surface area contributed by atoms with E-state index in [0.717, 1.165) is 6.42 Å². The highest BCUT2D eigenvalue weighted by Gasteiger charge is 2.21. The second kappa shape index (κ2) is 3.77. The quantitative estimate of drug-likeness (QED) is 0.595. The normalized spacial score (nSPS) is 22.9. The maximum atomic E-state index is 9.48. The maximum Gasteiger partial charge on any atom is 0.0602 e. The van der Waals surface area contributed by atoms with Crippen LogP contribution in [0, 0.1) is 5.92 Å². The average Bonchev–Trinajstić information content (AvgIpc) is 2.38. The molecule has 10 heavy (non-hydrogen) atoms. The van der Waals surface area contributed by atoms with Crippen LogP contribution >= 0.6 is 0 Å². The molecule has 0 saturated heterocycles. The Kier molecular flexibility index (Phi) is 2.94. The SMILES string of the molecule is C=CC[C@@H](O)C1CCCC1. The van der Waals surface area contributed by atoms with Gasteiger partial charge >= 0.3 is 0 Å². The lowest BCUT2D eigenvalue weighted by molar-refractivity contribution is 0.114. The molecule has 0 radical (unpaired) electrons. The van der Waals surface area contributed by atoms with Crippen molar-refractivity contribution in [3.63, 3.8) is 0 Å². The minimum atomic E-state index is -0.111. The summed E-state index contributed by atoms with van der Waals surface area (Å²) in [4.78, 5) is 0. The summed E-state index contributed by atoms with van der Waals surface area (Å²) in [5.41, 5.74) is 0. The molecule has 0 aliphatic heterocycles. The predicted molar refractivity (Wildman–Crippen MR) is 42.8 cm³/mol. The van der Waals surface area contributed by atoms with Gasteiger partial charge in [0.2, 0.25) is 0 Å². The van der Waals surface area contributed by atoms with Crippen LogP contribution in [-0.4, -0.2) is 11.2 Å². The molecule has 1 aliphatic rings. The third kappa shape index (κ3) is 1.84. The van der Waals surface area contributed by atoms with E-state index in [1.807, 2.05) is 6.08 Å². The fraction of sp³-hybridized carbons (Fsp3) is 0.778. The van der Waals surface area contributed by atoms with E-state index in [9.17, 15) is 5.11 Å². The lowest BCUT2D eigenvalue weighted by Gasteiger charge is -2.14. The van der Waals surface area contributed by atoms with Gasteiger partial charge in [-0.25, -0.2) is 0 Å². The Hall–Kier alpha value is -0.300. The first-order chi connectivity index (χ1) is 4.84. The van der Waals surface area contributed by atoms with E-state index in [1.165, 1.54) is 25.7 Å². The largest absolute Gasteiger partial charge is 0.393 e. The van der Waals surface area contributed by atoms with Crippen molar-refractivity contribution in [3.05, 3.63) is 12.7 Å². The lowest BCUT2D eigenvalue weighted by Crippen LogP contribution is -2.15. The summed E-state index contributed by atoms with van der Waals surface area (Å²) in [6.07, 6.45) is 7.51. The van der Waals surface area contributed by atoms with Crippen LogP contribution < -0.4 is 0 Å². The topological polar surface area (TPSA) is 20.2 Å². The van der Waals surface area contributed by atoms with E-state index in [-0.39, 0.29) is 6.10 Å². The minimum Gasteiger partial charge on any atom is -0.393 e. The Morgan fingerprint density at radius 2 is 2.10 bits per heavy atom. The Labute approximate surface area is 62.8 Å². The molecular weight excluding hydrogens is 124 g/mol. The van der Waals surface area contributed by atoms with Gasteiger partial charge in [0.15, 0.2) is 0 Å². The second-order valence-corrected chi connectivity index (χ2v) is 3.14. The molecule has 1 N–H and O–H groups in total. The molecule has 1 aliphatic carbocycles. The van der Waals surface area contributed by atoms with Gasteiger partial charge in [0.05, 0.1) is 6.10 Å². The van der Waals surface area contributed by atoms with Crippen LogP contribution in [0.2, 0.25) is 0 Å². The van der Waals surface area contributed by atoms with Crippen molar-refractivity contribution in [2.75, 3.05) is 0 Å². The Balaban J connectivity index is 2.24. The average molecular weight is 140 g/mol. The number of hydrogen-bond donors (Lipinski definition) is 1. The van der Waals surface area contributed by atoms with Crippen molar-refractivity contribution >= 4 is 0 Å². The van der Waals surface area contributed by atoms with E-state index in [4.69, 9.17) is 0 Å². The minimum absolute atomic E-state index is 0.111. The van der Waals surface area contributed by atoms with Crippen LogP contribution in [0.3, 0.4) is 0 Å². The van der Waals surface area contributed by atoms with Crippen molar-refractivity contribution < 1.29 is 5.11 Å². The summed E-state index contributed by atoms with van der Waals surface area (Å²) < 4.78 is 0. The zero-order valence-corrected chi connectivity index (χ0v) is 6.42. The third-order valence-corrected chi connectivity index (χ3v) is 2.35. The Morgan fingerprint density at radius 3 is 2.60 bits per heavy atom. The van der Waals surface area contributed by atoms with Crippen LogP contribution in [0.25, 0.3) is 0 Å². The van der Waals surface area contributed by atoms with Crippen LogP contribution in [0.1, 0.15) is 32.1 Å². The van der Waals surface area contributed by atoms with Crippen molar-refractivity contribution in [2.24, 2.45) is 5.92 Å². The number of aliphatic hydroxyl groups is 1. The highest BCUT2D eigenvalue weighted by atomic mass is 16.3. The first kappa shape index (κ1) is 7.80. The molecule has 58 valence electrons. The fourth-order valence-electron chi connectivity index (χ4n) is 1.71. The second-order valence-electron chi connectivity index (χ2n) is 3.14. The van der Waals surface area contributed by atoms with Gasteiger partial charge in [-0.2, -0.15) is 0 Å². The van der Waals surface area contributed by atoms with Gasteiger partial charge in [0.1, 0.15) is 0 Å². The van der Waals surface area contributed by atoms with Gasteiger partial charge in [0.25, 0.3) is 0 Å². The summed E-state index contributed by atoms with van der Waals surface area (Å²) >= 11 is 0. The van der Waals surface area contributed by atoms with Gasteiger partial charge in [-0.05, 0) is 25.2 Å². The molecule has 0 bridgehead atoms. The maximum absolute atomic E-state index is 9.48. The molecule has 1 fully saturated rings. The fourth-order valence-corrected chi connectivity index (χ4v) is 1.71. The zero-order valence-electron chi connectivity index (χ0n) is 6.42. The highest BCUT2D eigenvalue weighted by molar-refractivity contribution is 4.80. The molecule has 0 unspecified atom stereocenters. The zero-order chi connectivity index (χ0) is 7.40. The van der Waals surface area contributed by atoms with Crippen molar-refractivity contribution in [1.29, 1.82) is 0 Å². The summed E-state index contributed by atoms with van der Waals surface area (Å²) in [5, 5.41) is 9.48. The van der Waals surface area contributed by atoms with Gasteiger partial charge in [-0.15, -0.1) is 6.58 Å². The van der Waals surface area contributed by atoms with E-state index in [1.54, 1.807) is 0 Å². The highest BCUT2D eigenvalue weighted by Crippen LogP contribution is 2.28. The Morgan fingerprint density at radius 1 is 1.50 bits per heavy atom. The van der Waals surface area contributed by atoms with E-state index >= 15 is 0 Å². The first-order valence-corrected chi connectivity index (χ1v) is 4.13. The van der Waals surface area contributed by atoms with Crippen molar-refractivity contribution in [1.82, 2.24) is 0 Å². The first-order valence-electron chi connectivity index (χ1n) is 4.13. The molecule has 1 saturated carbocycles. The van der Waals surface area contributed by atoms with E-state index in [2.05, 4.69) is 6.58 Å². The smallest absolute Gasteiger partial charge is 0.0602 e. The molecule has 0 aromatic rings. The molecule has 0 aromatic carbocycles. The molecule has 1 nitrogen and oxygen atoms in total. The van der Waals surface area contributed by atoms with Crippen LogP contribution in [-0.2, 0) is 0 Å². The van der Waals surface area contributed by atoms with Crippen LogP contribution in [0.5, 0.6) is 0 Å². The van der Waals surface area contributed by atoms with Crippen molar-refractivity contribution in [3.8, 4) is 0 Å². The molecule has 0 aromatic heterocycles. The van der Waals surface area contributed by atoms with Gasteiger partial charge < -0.3 is 5.11 Å². The summed E-state index contributed by atoms with van der Waals surface area (Å²) in [7, 11) is 0. The van der Waals surface area contributed by atoms with Gasteiger partial charge in [-0.3, -0.25) is 0 Å². The molecular formula is C9H16O. The van der Waals surface area contributed by atoms with E-state index < -0.39 is 0 Å². The summed E-state index contributed by atoms with van der Waals surface area (Å²) in [6, 6.07) is 0. The van der Waals surface area contributed by atoms with E-state index in [0.29, 0.717) is 5.92 Å². The molecule has 0 heterocycles. The predicted octanol–water partition coefficient (Wildman–Crippen LogP) is 2.11. The standard InChI is InChI=1S/C9H16O/c1-2-5-9(10)8-6-3-4-7-8/h2,8-10H,1,3-7H2/t9-/m1/s1. The number of hydrogen-bond acceptors (Lipinski definition) is 1. The number of rotatable bonds is 3. The monoisotopic (exact) mass is 140 g/mol. The van der Waals surface area contributed by atoms with Crippen molar-refractivity contribution in [2.45, 2.75) is 38.2 Å². The summed E-state index contributed by atoms with van der Waals surface area (Å²) in [5.74, 6) is 0.568. The third-order valence-electron chi connectivity index (χ3n) is 2.35. The molecule has 1 rings (SSSR count). The Bertz CT molecular complexity index is 103.